The number of carboxylic acid groups (broad SMARTS) is 1. The molecule has 0 aromatic carbocycles. The standard InChI is InChI=1S/C6H3ClFNO.C6H4FNO2.C5H4FN.CH4.Cl2OS/c7-5(10)4-2-1-3-9-6(4)8;7-5-4(6(9)10)2-1-3-8-5;6-5-3-1-2-4-7-5;;1-4(2)3/h1-3H;1-3H,(H,9,10);1-4H;1H4;. The molecule has 7 nitrogen and oxygen atoms in total. The summed E-state index contributed by atoms with van der Waals surface area (Å²) in [6.45, 7) is 0. The number of aromatic carboxylic acids is 1. The molecule has 0 fully saturated rings. The molecule has 0 spiro atoms. The normalized spacial score (nSPS) is 8.84. The highest BCUT2D eigenvalue weighted by Crippen LogP contribution is 2.05. The molecule has 0 aliphatic carbocycles. The van der Waals surface area contributed by atoms with E-state index in [1.807, 2.05) is 0 Å². The molecule has 0 atom stereocenters. The van der Waals surface area contributed by atoms with Gasteiger partial charge in [-0.2, -0.15) is 13.2 Å². The fourth-order valence-electron chi connectivity index (χ4n) is 1.42. The molecule has 3 rings (SSSR count). The van der Waals surface area contributed by atoms with Gasteiger partial charge in [-0.3, -0.25) is 4.79 Å². The Morgan fingerprint density at radius 3 is 1.47 bits per heavy atom. The minimum atomic E-state index is -1.67. The van der Waals surface area contributed by atoms with E-state index in [4.69, 9.17) is 20.9 Å². The molecular weight excluding hydrogens is 518 g/mol. The highest BCUT2D eigenvalue weighted by atomic mass is 36.0. The van der Waals surface area contributed by atoms with Gasteiger partial charge in [0.2, 0.25) is 27.1 Å². The quantitative estimate of drug-likeness (QED) is 0.347. The lowest BCUT2D eigenvalue weighted by Crippen LogP contribution is -2.01. The number of hydrogen-bond acceptors (Lipinski definition) is 6. The molecule has 0 aliphatic heterocycles. The van der Waals surface area contributed by atoms with Crippen LogP contribution in [0.25, 0.3) is 0 Å². The Morgan fingerprint density at radius 2 is 1.25 bits per heavy atom. The summed E-state index contributed by atoms with van der Waals surface area (Å²) >= 11 is 4.99. The van der Waals surface area contributed by atoms with Crippen molar-refractivity contribution in [2.24, 2.45) is 0 Å². The van der Waals surface area contributed by atoms with Crippen LogP contribution in [0.4, 0.5) is 13.2 Å². The third kappa shape index (κ3) is 15.2. The molecule has 0 amide bonds. The molecule has 32 heavy (non-hydrogen) atoms. The van der Waals surface area contributed by atoms with Gasteiger partial charge in [0.25, 0.3) is 5.24 Å². The molecule has 0 saturated carbocycles. The average molecular weight is 533 g/mol. The molecule has 0 unspecified atom stereocenters. The van der Waals surface area contributed by atoms with E-state index in [0.717, 1.165) is 6.07 Å². The lowest BCUT2D eigenvalue weighted by atomic mass is 10.3. The Balaban J connectivity index is 0. The molecule has 14 heteroatoms. The van der Waals surface area contributed by atoms with Crippen molar-refractivity contribution in [3.8, 4) is 0 Å². The largest absolute Gasteiger partial charge is 0.478 e. The van der Waals surface area contributed by atoms with Crippen molar-refractivity contribution in [2.45, 2.75) is 7.43 Å². The average Bonchev–Trinajstić information content (AvgIpc) is 2.69. The molecule has 3 aromatic rings. The number of rotatable bonds is 2. The Labute approximate surface area is 197 Å². The molecule has 0 aliphatic rings. The van der Waals surface area contributed by atoms with Gasteiger partial charge >= 0.3 is 5.97 Å². The monoisotopic (exact) mass is 531 g/mol. The number of hydrogen-bond donors (Lipinski definition) is 1. The van der Waals surface area contributed by atoms with E-state index < -0.39 is 43.8 Å². The molecule has 0 radical (unpaired) electrons. The van der Waals surface area contributed by atoms with Crippen LogP contribution in [0.5, 0.6) is 0 Å². The zero-order chi connectivity index (χ0) is 23.8. The molecule has 0 bridgehead atoms. The maximum absolute atomic E-state index is 12.4. The molecule has 174 valence electrons. The van der Waals surface area contributed by atoms with E-state index in [-0.39, 0.29) is 13.0 Å². The van der Waals surface area contributed by atoms with Crippen molar-refractivity contribution in [1.29, 1.82) is 0 Å². The molecule has 3 heterocycles. The predicted molar refractivity (Wildman–Crippen MR) is 116 cm³/mol. The zero-order valence-electron chi connectivity index (χ0n) is 15.0. The topological polar surface area (TPSA) is 110 Å². The van der Waals surface area contributed by atoms with E-state index in [0.29, 0.717) is 0 Å². The maximum atomic E-state index is 12.4. The number of aromatic nitrogens is 3. The third-order valence-electron chi connectivity index (χ3n) is 2.59. The van der Waals surface area contributed by atoms with Crippen LogP contribution in [0.3, 0.4) is 0 Å². The highest BCUT2D eigenvalue weighted by molar-refractivity contribution is 8.26. The zero-order valence-corrected chi connectivity index (χ0v) is 18.0. The van der Waals surface area contributed by atoms with Gasteiger partial charge in [-0.05, 0) is 48.0 Å². The van der Waals surface area contributed by atoms with Gasteiger partial charge in [-0.1, -0.05) is 13.5 Å². The Hall–Kier alpha value is -2.60. The van der Waals surface area contributed by atoms with Crippen molar-refractivity contribution in [3.63, 3.8) is 0 Å². The first-order chi connectivity index (χ1) is 14.6. The summed E-state index contributed by atoms with van der Waals surface area (Å²) in [6.07, 6.45) is 3.86. The van der Waals surface area contributed by atoms with E-state index >= 15 is 0 Å². The van der Waals surface area contributed by atoms with E-state index in [1.54, 1.807) is 12.1 Å². The number of pyridine rings is 3. The predicted octanol–water partition coefficient (Wildman–Crippen LogP) is 5.42. The minimum Gasteiger partial charge on any atom is -0.478 e. The lowest BCUT2D eigenvalue weighted by Gasteiger charge is -1.91. The number of carbonyl (C=O) groups is 2. The van der Waals surface area contributed by atoms with E-state index in [2.05, 4.69) is 36.3 Å². The van der Waals surface area contributed by atoms with Gasteiger partial charge in [0.1, 0.15) is 5.56 Å². The van der Waals surface area contributed by atoms with Crippen molar-refractivity contribution < 1.29 is 32.1 Å². The minimum absolute atomic E-state index is 0. The number of halogens is 6. The maximum Gasteiger partial charge on any atom is 0.340 e. The van der Waals surface area contributed by atoms with Crippen molar-refractivity contribution in [1.82, 2.24) is 15.0 Å². The smallest absolute Gasteiger partial charge is 0.340 e. The van der Waals surface area contributed by atoms with Gasteiger partial charge < -0.3 is 5.11 Å². The number of nitrogens with zero attached hydrogens (tertiary/aromatic N) is 3. The van der Waals surface area contributed by atoms with E-state index in [9.17, 15) is 22.8 Å². The van der Waals surface area contributed by atoms with E-state index in [1.165, 1.54) is 42.9 Å². The van der Waals surface area contributed by atoms with Crippen molar-refractivity contribution >= 4 is 53.4 Å². The summed E-state index contributed by atoms with van der Waals surface area (Å²) in [5.41, 5.74) is -0.591. The summed E-state index contributed by atoms with van der Waals surface area (Å²) in [6, 6.07) is 9.82. The summed E-state index contributed by atoms with van der Waals surface area (Å²) < 4.78 is 45.7. The van der Waals surface area contributed by atoms with Crippen molar-refractivity contribution in [2.75, 3.05) is 0 Å². The van der Waals surface area contributed by atoms with Crippen LogP contribution in [-0.2, 0) is 9.23 Å². The van der Waals surface area contributed by atoms with Gasteiger partial charge in [0.15, 0.2) is 0 Å². The van der Waals surface area contributed by atoms with Gasteiger partial charge in [-0.25, -0.2) is 24.0 Å². The fourth-order valence-corrected chi connectivity index (χ4v) is 1.56. The SMILES string of the molecule is C.Fc1ccccn1.O=C(Cl)c1cccnc1F.O=C(O)c1cccnc1F.O=S(Cl)Cl. The van der Waals surface area contributed by atoms with Gasteiger partial charge in [0.05, 0.1) is 5.56 Å². The van der Waals surface area contributed by atoms with Crippen LogP contribution < -0.4 is 0 Å². The number of carbonyl (C=O) groups excluding carboxylic acids is 1. The first-order valence-electron chi connectivity index (χ1n) is 7.51. The lowest BCUT2D eigenvalue weighted by molar-refractivity contribution is 0.0690. The second-order valence-corrected chi connectivity index (χ2v) is 7.47. The number of carboxylic acids is 1. The first kappa shape index (κ1) is 31.6. The highest BCUT2D eigenvalue weighted by Gasteiger charge is 2.08. The third-order valence-corrected chi connectivity index (χ3v) is 2.79. The van der Waals surface area contributed by atoms with Crippen molar-refractivity contribution in [3.05, 3.63) is 90.0 Å². The second-order valence-electron chi connectivity index (χ2n) is 4.60. The summed E-state index contributed by atoms with van der Waals surface area (Å²) in [4.78, 5) is 30.2. The van der Waals surface area contributed by atoms with Gasteiger partial charge in [0, 0.05) is 40.0 Å². The Morgan fingerprint density at radius 1 is 0.812 bits per heavy atom. The molecular formula is C18H15Cl3F3N3O4S. The molecule has 3 aromatic heterocycles. The first-order valence-corrected chi connectivity index (χ1v) is 10.7. The van der Waals surface area contributed by atoms with Crippen LogP contribution in [-0.4, -0.2) is 35.5 Å². The van der Waals surface area contributed by atoms with Crippen LogP contribution in [0.1, 0.15) is 28.1 Å². The van der Waals surface area contributed by atoms with Crippen LogP contribution >= 0.6 is 33.0 Å². The van der Waals surface area contributed by atoms with Crippen LogP contribution in [0, 0.1) is 17.8 Å². The Bertz CT molecular complexity index is 946. The summed E-state index contributed by atoms with van der Waals surface area (Å²) in [7, 11) is 7.36. The van der Waals surface area contributed by atoms with Crippen LogP contribution in [0.2, 0.25) is 0 Å². The second kappa shape index (κ2) is 18.0. The summed E-state index contributed by atoms with van der Waals surface area (Å²) in [5, 5.41) is 7.46. The van der Waals surface area contributed by atoms with Crippen LogP contribution in [0.15, 0.2) is 61.1 Å². The fraction of sp³-hybridized carbons (Fsp3) is 0.0556. The summed E-state index contributed by atoms with van der Waals surface area (Å²) in [5.74, 6) is -3.51. The van der Waals surface area contributed by atoms with Gasteiger partial charge in [-0.15, -0.1) is 0 Å². The molecule has 0 saturated heterocycles. The molecule has 1 N–H and O–H groups in total. The Kier molecular flexibility index (Phi) is 17.8.